The molecule has 0 amide bonds. The largest absolute Gasteiger partial charge is 0.416 e. The minimum Gasteiger partial charge on any atom is -0.366 e. The minimum atomic E-state index is -5.04. The van der Waals surface area contributed by atoms with E-state index in [1.807, 2.05) is 6.92 Å². The molecule has 0 heterocycles. The highest BCUT2D eigenvalue weighted by molar-refractivity contribution is 7.93. The second-order valence-corrected chi connectivity index (χ2v) is 9.68. The van der Waals surface area contributed by atoms with Crippen LogP contribution in [-0.2, 0) is 22.1 Å². The van der Waals surface area contributed by atoms with Crippen LogP contribution >= 0.6 is 11.6 Å². The lowest BCUT2D eigenvalue weighted by molar-refractivity contribution is -0.143. The summed E-state index contributed by atoms with van der Waals surface area (Å²) in [5.41, 5.74) is -3.01. The van der Waals surface area contributed by atoms with E-state index in [9.17, 15) is 30.6 Å². The Kier molecular flexibility index (Phi) is 7.55. The molecule has 2 aromatic rings. The molecule has 0 spiro atoms. The highest BCUT2D eigenvalue weighted by Crippen LogP contribution is 2.39. The van der Waals surface area contributed by atoms with E-state index in [1.165, 1.54) is 18.5 Å². The van der Waals surface area contributed by atoms with Gasteiger partial charge in [0.15, 0.2) is 0 Å². The van der Waals surface area contributed by atoms with Crippen LogP contribution in [-0.4, -0.2) is 35.3 Å². The Morgan fingerprint density at radius 2 is 1.56 bits per heavy atom. The quantitative estimate of drug-likeness (QED) is 0.250. The lowest BCUT2D eigenvalue weighted by Gasteiger charge is -2.14. The van der Waals surface area contributed by atoms with Crippen LogP contribution in [0.5, 0.6) is 0 Å². The standard InChI is InChI=1S/C20H20ClF6N3OS/c1-5-30(3)11-28-17-6-12(2)18(10-16(17)21)32(4,31)29-15-8-13(19(22,23)24)7-14(9-15)20(25,26)27/h6-11H,5H2,1-4H3/b28-11-. The van der Waals surface area contributed by atoms with Crippen LogP contribution in [0.3, 0.4) is 0 Å². The number of aliphatic imine (C=N–C) groups is 1. The van der Waals surface area contributed by atoms with Crippen molar-refractivity contribution in [2.45, 2.75) is 31.1 Å². The lowest BCUT2D eigenvalue weighted by Crippen LogP contribution is -2.14. The molecule has 0 radical (unpaired) electrons. The molecular weight excluding hydrogens is 480 g/mol. The van der Waals surface area contributed by atoms with E-state index in [1.54, 1.807) is 18.9 Å². The van der Waals surface area contributed by atoms with E-state index >= 15 is 0 Å². The Morgan fingerprint density at radius 3 is 2.03 bits per heavy atom. The Labute approximate surface area is 187 Å². The Bertz CT molecular complexity index is 1120. The fourth-order valence-electron chi connectivity index (χ4n) is 2.64. The lowest BCUT2D eigenvalue weighted by atomic mass is 10.1. The van der Waals surface area contributed by atoms with E-state index < -0.39 is 38.9 Å². The van der Waals surface area contributed by atoms with Crippen molar-refractivity contribution in [2.75, 3.05) is 19.8 Å². The van der Waals surface area contributed by atoms with E-state index in [-0.39, 0.29) is 16.0 Å². The first kappa shape index (κ1) is 26.0. The first-order valence-electron chi connectivity index (χ1n) is 9.11. The second-order valence-electron chi connectivity index (χ2n) is 7.04. The van der Waals surface area contributed by atoms with Crippen LogP contribution in [0.2, 0.25) is 5.02 Å². The molecule has 2 rings (SSSR count). The van der Waals surface area contributed by atoms with Gasteiger partial charge >= 0.3 is 12.4 Å². The molecular formula is C20H20ClF6N3OS. The highest BCUT2D eigenvalue weighted by atomic mass is 35.5. The molecule has 0 saturated heterocycles. The van der Waals surface area contributed by atoms with Crippen molar-refractivity contribution < 1.29 is 30.6 Å². The Balaban J connectivity index is 2.63. The molecule has 1 unspecified atom stereocenters. The van der Waals surface area contributed by atoms with Gasteiger partial charge in [0.2, 0.25) is 0 Å². The van der Waals surface area contributed by atoms with Gasteiger partial charge in [-0.25, -0.2) is 9.20 Å². The summed E-state index contributed by atoms with van der Waals surface area (Å²) in [6.07, 6.45) is -7.42. The van der Waals surface area contributed by atoms with E-state index in [4.69, 9.17) is 11.6 Å². The van der Waals surface area contributed by atoms with E-state index in [0.717, 1.165) is 6.26 Å². The van der Waals surface area contributed by atoms with Crippen molar-refractivity contribution in [3.8, 4) is 0 Å². The van der Waals surface area contributed by atoms with E-state index in [2.05, 4.69) is 9.36 Å². The topological polar surface area (TPSA) is 45.0 Å². The number of hydrogen-bond donors (Lipinski definition) is 0. The van der Waals surface area contributed by atoms with Crippen molar-refractivity contribution in [3.63, 3.8) is 0 Å². The van der Waals surface area contributed by atoms with Crippen LogP contribution in [0.1, 0.15) is 23.6 Å². The first-order valence-corrected chi connectivity index (χ1v) is 11.4. The van der Waals surface area contributed by atoms with Gasteiger partial charge in [-0.2, -0.15) is 30.7 Å². The third kappa shape index (κ3) is 6.38. The first-order chi connectivity index (χ1) is 14.5. The molecule has 4 nitrogen and oxygen atoms in total. The van der Waals surface area contributed by atoms with Gasteiger partial charge in [-0.3, -0.25) is 0 Å². The highest BCUT2D eigenvalue weighted by Gasteiger charge is 2.37. The average molecular weight is 500 g/mol. The maximum Gasteiger partial charge on any atom is 0.416 e. The van der Waals surface area contributed by atoms with Crippen molar-refractivity contribution in [1.82, 2.24) is 4.90 Å². The summed E-state index contributed by atoms with van der Waals surface area (Å²) in [5.74, 6) is 0. The van der Waals surface area contributed by atoms with Crippen LogP contribution in [0.25, 0.3) is 0 Å². The maximum atomic E-state index is 13.2. The van der Waals surface area contributed by atoms with Crippen molar-refractivity contribution in [3.05, 3.63) is 52.0 Å². The Hall–Kier alpha value is -2.27. The normalized spacial score (nSPS) is 14.5. The van der Waals surface area contributed by atoms with Gasteiger partial charge in [0.05, 0.1) is 48.5 Å². The van der Waals surface area contributed by atoms with Gasteiger partial charge < -0.3 is 4.90 Å². The molecule has 32 heavy (non-hydrogen) atoms. The average Bonchev–Trinajstić information content (AvgIpc) is 2.65. The molecule has 176 valence electrons. The van der Waals surface area contributed by atoms with Crippen molar-refractivity contribution >= 4 is 39.0 Å². The molecule has 0 aliphatic heterocycles. The van der Waals surface area contributed by atoms with Crippen LogP contribution in [0.4, 0.5) is 37.7 Å². The molecule has 2 aromatic carbocycles. The number of benzene rings is 2. The third-order valence-electron chi connectivity index (χ3n) is 4.40. The zero-order valence-electron chi connectivity index (χ0n) is 17.5. The molecule has 12 heteroatoms. The maximum absolute atomic E-state index is 13.2. The van der Waals surface area contributed by atoms with Crippen LogP contribution in [0, 0.1) is 6.92 Å². The number of aryl methyl sites for hydroxylation is 1. The summed E-state index contributed by atoms with van der Waals surface area (Å²) in [5, 5.41) is 0.108. The van der Waals surface area contributed by atoms with Gasteiger partial charge in [0.25, 0.3) is 0 Å². The number of alkyl halides is 6. The predicted molar refractivity (Wildman–Crippen MR) is 114 cm³/mol. The number of rotatable bonds is 5. The Morgan fingerprint density at radius 1 is 1.03 bits per heavy atom. The fourth-order valence-corrected chi connectivity index (χ4v) is 4.51. The number of nitrogens with zero attached hydrogens (tertiary/aromatic N) is 3. The van der Waals surface area contributed by atoms with Gasteiger partial charge in [0, 0.05) is 19.8 Å². The molecule has 0 fully saturated rings. The summed E-state index contributed by atoms with van der Waals surface area (Å²) < 4.78 is 95.6. The molecule has 0 bridgehead atoms. The second kappa shape index (κ2) is 9.30. The summed E-state index contributed by atoms with van der Waals surface area (Å²) in [4.78, 5) is 6.08. The van der Waals surface area contributed by atoms with Gasteiger partial charge in [-0.05, 0) is 49.7 Å². The number of halogens is 7. The third-order valence-corrected chi connectivity index (χ3v) is 6.52. The molecule has 0 N–H and O–H groups in total. The zero-order chi connectivity index (χ0) is 24.5. The van der Waals surface area contributed by atoms with Gasteiger partial charge in [0.1, 0.15) is 0 Å². The van der Waals surface area contributed by atoms with Gasteiger partial charge in [-0.15, -0.1) is 0 Å². The molecule has 1 atom stereocenters. The summed E-state index contributed by atoms with van der Waals surface area (Å²) in [6.45, 7) is 4.17. The SMILES string of the molecule is CCN(C)/C=N\c1cc(C)c(S(C)(=O)=Nc2cc(C(F)(F)F)cc(C(F)(F)F)c2)cc1Cl. The predicted octanol–water partition coefficient (Wildman–Crippen LogP) is 7.09. The van der Waals surface area contributed by atoms with Crippen molar-refractivity contribution in [1.29, 1.82) is 0 Å². The molecule has 0 aromatic heterocycles. The summed E-state index contributed by atoms with van der Waals surface area (Å²) in [6, 6.07) is 3.66. The zero-order valence-corrected chi connectivity index (χ0v) is 19.0. The monoisotopic (exact) mass is 499 g/mol. The molecule has 0 saturated carbocycles. The van der Waals surface area contributed by atoms with Gasteiger partial charge in [-0.1, -0.05) is 11.6 Å². The fraction of sp³-hybridized carbons (Fsp3) is 0.350. The minimum absolute atomic E-state index is 0.0151. The molecule has 0 aliphatic carbocycles. The smallest absolute Gasteiger partial charge is 0.366 e. The summed E-state index contributed by atoms with van der Waals surface area (Å²) >= 11 is 6.21. The number of hydrogen-bond acceptors (Lipinski definition) is 3. The van der Waals surface area contributed by atoms with Crippen LogP contribution < -0.4 is 0 Å². The molecule has 0 aliphatic rings. The van der Waals surface area contributed by atoms with Crippen LogP contribution in [0.15, 0.2) is 44.6 Å². The summed E-state index contributed by atoms with van der Waals surface area (Å²) in [7, 11) is -1.66. The van der Waals surface area contributed by atoms with E-state index in [0.29, 0.717) is 29.9 Å². The van der Waals surface area contributed by atoms with Crippen molar-refractivity contribution in [2.24, 2.45) is 9.36 Å².